The van der Waals surface area contributed by atoms with Gasteiger partial charge in [-0.05, 0) is 11.6 Å². The third kappa shape index (κ3) is 2.54. The lowest BCUT2D eigenvalue weighted by molar-refractivity contribution is 1.07. The number of nitrogens with two attached hydrogens (primary N) is 1. The second-order valence-electron chi connectivity index (χ2n) is 5.40. The van der Waals surface area contributed by atoms with Crippen LogP contribution >= 0.6 is 0 Å². The second kappa shape index (κ2) is 6.00. The minimum atomic E-state index is 0.570. The number of anilines is 2. The summed E-state index contributed by atoms with van der Waals surface area (Å²) in [5.74, 6) is 1.26. The van der Waals surface area contributed by atoms with Crippen molar-refractivity contribution in [2.45, 2.75) is 6.54 Å². The van der Waals surface area contributed by atoms with Gasteiger partial charge in [0.25, 0.3) is 0 Å². The molecule has 6 heteroatoms. The maximum atomic E-state index is 6.29. The van der Waals surface area contributed by atoms with Crippen molar-refractivity contribution in [2.75, 3.05) is 11.1 Å². The van der Waals surface area contributed by atoms with E-state index in [4.69, 9.17) is 10.7 Å². The Kier molecular flexibility index (Phi) is 3.55. The van der Waals surface area contributed by atoms with Gasteiger partial charge < -0.3 is 11.1 Å². The summed E-state index contributed by atoms with van der Waals surface area (Å²) in [5, 5.41) is 3.34. The Morgan fingerprint density at radius 3 is 2.71 bits per heavy atom. The van der Waals surface area contributed by atoms with E-state index in [0.717, 1.165) is 16.8 Å². The quantitative estimate of drug-likeness (QED) is 0.605. The van der Waals surface area contributed by atoms with Crippen LogP contribution in [0.1, 0.15) is 5.56 Å². The Labute approximate surface area is 139 Å². The molecule has 3 heterocycles. The van der Waals surface area contributed by atoms with Gasteiger partial charge in [0.2, 0.25) is 0 Å². The zero-order chi connectivity index (χ0) is 16.4. The molecule has 0 aliphatic carbocycles. The Balaban J connectivity index is 1.77. The molecule has 0 amide bonds. The summed E-state index contributed by atoms with van der Waals surface area (Å²) in [6, 6.07) is 13.8. The van der Waals surface area contributed by atoms with Crippen molar-refractivity contribution < 1.29 is 0 Å². The first-order valence-electron chi connectivity index (χ1n) is 7.63. The summed E-state index contributed by atoms with van der Waals surface area (Å²) in [6.45, 7) is 0.613. The highest BCUT2D eigenvalue weighted by molar-refractivity contribution is 5.78. The van der Waals surface area contributed by atoms with Crippen LogP contribution < -0.4 is 11.1 Å². The lowest BCUT2D eigenvalue weighted by Crippen LogP contribution is -2.08. The first-order valence-corrected chi connectivity index (χ1v) is 7.63. The fourth-order valence-corrected chi connectivity index (χ4v) is 2.62. The molecule has 118 valence electrons. The van der Waals surface area contributed by atoms with Crippen LogP contribution in [0.25, 0.3) is 16.9 Å². The largest absolute Gasteiger partial charge is 0.383 e. The Morgan fingerprint density at radius 2 is 1.92 bits per heavy atom. The number of rotatable bonds is 4. The number of nitrogen functional groups attached to an aromatic ring is 1. The Hall–Kier alpha value is -3.41. The number of pyridine rings is 1. The average molecular weight is 316 g/mol. The standard InChI is InChI=1S/C18H16N6/c19-16-15(14-6-2-1-3-7-14)23-17(18-21-9-10-24(16)18)22-12-13-5-4-8-20-11-13/h1-11H,12,19H2,(H,22,23). The van der Waals surface area contributed by atoms with E-state index in [2.05, 4.69) is 15.3 Å². The van der Waals surface area contributed by atoms with Crippen molar-refractivity contribution >= 4 is 17.3 Å². The van der Waals surface area contributed by atoms with Crippen LogP contribution in [0.3, 0.4) is 0 Å². The highest BCUT2D eigenvalue weighted by Crippen LogP contribution is 2.28. The summed E-state index contributed by atoms with van der Waals surface area (Å²) in [4.78, 5) is 13.2. The fraction of sp³-hybridized carbons (Fsp3) is 0.0556. The second-order valence-corrected chi connectivity index (χ2v) is 5.40. The number of nitrogens with zero attached hydrogens (tertiary/aromatic N) is 4. The van der Waals surface area contributed by atoms with Gasteiger partial charge in [0.1, 0.15) is 11.5 Å². The summed E-state index contributed by atoms with van der Waals surface area (Å²) in [5.41, 5.74) is 9.77. The average Bonchev–Trinajstić information content (AvgIpc) is 3.13. The van der Waals surface area contributed by atoms with Crippen LogP contribution in [0, 0.1) is 0 Å². The van der Waals surface area contributed by atoms with Crippen LogP contribution in [-0.2, 0) is 6.54 Å². The Morgan fingerprint density at radius 1 is 1.04 bits per heavy atom. The number of hydrogen-bond acceptors (Lipinski definition) is 5. The molecule has 3 aromatic heterocycles. The van der Waals surface area contributed by atoms with Crippen LogP contribution in [0.5, 0.6) is 0 Å². The van der Waals surface area contributed by atoms with Gasteiger partial charge in [0.15, 0.2) is 11.5 Å². The molecule has 0 bridgehead atoms. The predicted molar refractivity (Wildman–Crippen MR) is 94.4 cm³/mol. The van der Waals surface area contributed by atoms with E-state index in [1.54, 1.807) is 12.4 Å². The molecule has 6 nitrogen and oxygen atoms in total. The van der Waals surface area contributed by atoms with Crippen molar-refractivity contribution in [2.24, 2.45) is 0 Å². The number of hydrogen-bond donors (Lipinski definition) is 2. The zero-order valence-corrected chi connectivity index (χ0v) is 12.9. The zero-order valence-electron chi connectivity index (χ0n) is 12.9. The molecular weight excluding hydrogens is 300 g/mol. The monoisotopic (exact) mass is 316 g/mol. The minimum absolute atomic E-state index is 0.570. The lowest BCUT2D eigenvalue weighted by Gasteiger charge is -2.13. The number of nitrogens with one attached hydrogen (secondary N) is 1. The summed E-state index contributed by atoms with van der Waals surface area (Å²) >= 11 is 0. The molecular formula is C18H16N6. The molecule has 0 atom stereocenters. The number of aromatic nitrogens is 4. The van der Waals surface area contributed by atoms with Crippen molar-refractivity contribution in [3.05, 3.63) is 72.8 Å². The molecule has 4 aromatic rings. The molecule has 0 spiro atoms. The first kappa shape index (κ1) is 14.2. The van der Waals surface area contributed by atoms with Crippen molar-refractivity contribution in [1.29, 1.82) is 0 Å². The normalized spacial score (nSPS) is 10.8. The molecule has 0 aliphatic rings. The highest BCUT2D eigenvalue weighted by atomic mass is 15.1. The molecule has 0 saturated heterocycles. The molecule has 24 heavy (non-hydrogen) atoms. The minimum Gasteiger partial charge on any atom is -0.383 e. The first-order chi connectivity index (χ1) is 11.8. The smallest absolute Gasteiger partial charge is 0.181 e. The lowest BCUT2D eigenvalue weighted by atomic mass is 10.1. The van der Waals surface area contributed by atoms with Gasteiger partial charge in [0.05, 0.1) is 0 Å². The van der Waals surface area contributed by atoms with Crippen LogP contribution in [0.15, 0.2) is 67.3 Å². The molecule has 0 fully saturated rings. The summed E-state index contributed by atoms with van der Waals surface area (Å²) in [7, 11) is 0. The van der Waals surface area contributed by atoms with Crippen molar-refractivity contribution in [3.8, 4) is 11.3 Å². The molecule has 4 rings (SSSR count). The van der Waals surface area contributed by atoms with E-state index in [1.807, 2.05) is 59.3 Å². The highest BCUT2D eigenvalue weighted by Gasteiger charge is 2.14. The van der Waals surface area contributed by atoms with Crippen molar-refractivity contribution in [1.82, 2.24) is 19.4 Å². The van der Waals surface area contributed by atoms with Gasteiger partial charge in [-0.25, -0.2) is 9.97 Å². The third-order valence-corrected chi connectivity index (χ3v) is 3.81. The van der Waals surface area contributed by atoms with Gasteiger partial charge >= 0.3 is 0 Å². The van der Waals surface area contributed by atoms with Crippen LogP contribution in [-0.4, -0.2) is 19.4 Å². The van der Waals surface area contributed by atoms with Gasteiger partial charge in [-0.15, -0.1) is 0 Å². The summed E-state index contributed by atoms with van der Waals surface area (Å²) in [6.07, 6.45) is 7.14. The van der Waals surface area contributed by atoms with E-state index >= 15 is 0 Å². The number of benzene rings is 1. The van der Waals surface area contributed by atoms with E-state index < -0.39 is 0 Å². The maximum Gasteiger partial charge on any atom is 0.181 e. The van der Waals surface area contributed by atoms with E-state index in [9.17, 15) is 0 Å². The molecule has 0 unspecified atom stereocenters. The molecule has 1 aromatic carbocycles. The van der Waals surface area contributed by atoms with Gasteiger partial charge in [-0.2, -0.15) is 0 Å². The number of imidazole rings is 1. The third-order valence-electron chi connectivity index (χ3n) is 3.81. The Bertz CT molecular complexity index is 963. The topological polar surface area (TPSA) is 81.1 Å². The predicted octanol–water partition coefficient (Wildman–Crippen LogP) is 2.99. The summed E-state index contributed by atoms with van der Waals surface area (Å²) < 4.78 is 1.85. The van der Waals surface area contributed by atoms with E-state index in [0.29, 0.717) is 23.8 Å². The molecule has 0 saturated carbocycles. The SMILES string of the molecule is Nc1c(-c2ccccc2)nc(NCc2cccnc2)c2nccn12. The number of fused-ring (bicyclic) bond motifs is 1. The maximum absolute atomic E-state index is 6.29. The van der Waals surface area contributed by atoms with Crippen LogP contribution in [0.4, 0.5) is 11.6 Å². The van der Waals surface area contributed by atoms with E-state index in [-0.39, 0.29) is 0 Å². The van der Waals surface area contributed by atoms with Crippen molar-refractivity contribution in [3.63, 3.8) is 0 Å². The molecule has 3 N–H and O–H groups in total. The molecule has 0 radical (unpaired) electrons. The van der Waals surface area contributed by atoms with Gasteiger partial charge in [-0.1, -0.05) is 36.4 Å². The molecule has 0 aliphatic heterocycles. The van der Waals surface area contributed by atoms with Crippen LogP contribution in [0.2, 0.25) is 0 Å². The fourth-order valence-electron chi connectivity index (χ4n) is 2.62. The van der Waals surface area contributed by atoms with Gasteiger partial charge in [-0.3, -0.25) is 9.38 Å². The van der Waals surface area contributed by atoms with E-state index in [1.165, 1.54) is 0 Å². The van der Waals surface area contributed by atoms with Gasteiger partial charge in [0, 0.05) is 36.9 Å².